The number of methoxy groups -OCH3 is 1. The molecule has 1 saturated heterocycles. The van der Waals surface area contributed by atoms with E-state index in [9.17, 15) is 40.2 Å². The Morgan fingerprint density at radius 3 is 2.39 bits per heavy atom. The van der Waals surface area contributed by atoms with Gasteiger partial charge in [-0.2, -0.15) is 0 Å². The second kappa shape index (κ2) is 13.2. The molecule has 2 aliphatic rings. The smallest absolute Gasteiger partial charge is 0.337 e. The molecule has 13 heteroatoms. The number of ether oxygens (including phenoxy) is 5. The van der Waals surface area contributed by atoms with Gasteiger partial charge in [0, 0.05) is 18.3 Å². The van der Waals surface area contributed by atoms with Crippen molar-refractivity contribution in [2.75, 3.05) is 20.3 Å². The summed E-state index contributed by atoms with van der Waals surface area (Å²) in [6.07, 6.45) is -7.21. The van der Waals surface area contributed by atoms with Gasteiger partial charge in [0.05, 0.1) is 38.6 Å². The third-order valence-electron chi connectivity index (χ3n) is 6.68. The van der Waals surface area contributed by atoms with Crippen molar-refractivity contribution in [1.29, 1.82) is 0 Å². The number of phenols is 2. The lowest BCUT2D eigenvalue weighted by Crippen LogP contribution is -2.60. The largest absolute Gasteiger partial charge is 0.504 e. The fourth-order valence-electron chi connectivity index (χ4n) is 4.50. The van der Waals surface area contributed by atoms with Crippen molar-refractivity contribution in [3.63, 3.8) is 0 Å². The van der Waals surface area contributed by atoms with Gasteiger partial charge in [0.15, 0.2) is 17.8 Å². The molecule has 2 heterocycles. The number of phenolic OH excluding ortho intramolecular Hbond substituents is 2. The second-order valence-corrected chi connectivity index (χ2v) is 9.08. The van der Waals surface area contributed by atoms with Crippen molar-refractivity contribution < 1.29 is 63.9 Å². The fraction of sp³-hybridized carbons (Fsp3) is 0.600. The van der Waals surface area contributed by atoms with Gasteiger partial charge in [-0.25, -0.2) is 4.79 Å². The Balaban J connectivity index is 1.70. The number of esters is 2. The standard InChI is InChI=1S/C25H34O13/c1-3-13-14(9-19(29)35-7-6-12-4-5-16(27)17(28)8-12)15(23(33)34-2)11-36-24(13)38-25-22(32)21(31)20(30)18(10-26)37-25/h4-5,8,11,13-14,18,20-22,24-28,30-32H,3,6-7,9-10H2,1-2H3/t13-,14-,18+,20+,21-,22+,24-,25+/m0/s1. The first kappa shape index (κ1) is 29.6. The maximum absolute atomic E-state index is 12.7. The number of carbonyl (C=O) groups excluding carboxylic acids is 2. The maximum atomic E-state index is 12.7. The van der Waals surface area contributed by atoms with Gasteiger partial charge in [-0.3, -0.25) is 4.79 Å². The van der Waals surface area contributed by atoms with E-state index < -0.39 is 67.4 Å². The number of aliphatic hydroxyl groups excluding tert-OH is 4. The van der Waals surface area contributed by atoms with Crippen LogP contribution in [0.25, 0.3) is 0 Å². The predicted molar refractivity (Wildman–Crippen MR) is 126 cm³/mol. The van der Waals surface area contributed by atoms with E-state index in [1.54, 1.807) is 13.0 Å². The predicted octanol–water partition coefficient (Wildman–Crippen LogP) is -0.554. The molecule has 0 amide bonds. The topological polar surface area (TPSA) is 202 Å². The van der Waals surface area contributed by atoms with Crippen LogP contribution in [0.2, 0.25) is 0 Å². The van der Waals surface area contributed by atoms with E-state index in [0.29, 0.717) is 12.0 Å². The van der Waals surface area contributed by atoms with Gasteiger partial charge < -0.3 is 54.3 Å². The van der Waals surface area contributed by atoms with Gasteiger partial charge in [0.1, 0.15) is 24.4 Å². The normalized spacial score (nSPS) is 31.2. The summed E-state index contributed by atoms with van der Waals surface area (Å²) in [6.45, 7) is 1.11. The van der Waals surface area contributed by atoms with Crippen LogP contribution in [0.4, 0.5) is 0 Å². The zero-order valence-corrected chi connectivity index (χ0v) is 21.0. The summed E-state index contributed by atoms with van der Waals surface area (Å²) in [5.74, 6) is -3.28. The molecule has 13 nitrogen and oxygen atoms in total. The van der Waals surface area contributed by atoms with Crippen molar-refractivity contribution in [3.8, 4) is 11.5 Å². The molecule has 0 aliphatic carbocycles. The molecule has 0 spiro atoms. The minimum atomic E-state index is -1.66. The Bertz CT molecular complexity index is 993. The van der Waals surface area contributed by atoms with Gasteiger partial charge >= 0.3 is 11.9 Å². The molecule has 38 heavy (non-hydrogen) atoms. The molecule has 212 valence electrons. The molecular weight excluding hydrogens is 508 g/mol. The highest BCUT2D eigenvalue weighted by Crippen LogP contribution is 2.38. The summed E-state index contributed by atoms with van der Waals surface area (Å²) in [7, 11) is 1.18. The van der Waals surface area contributed by atoms with E-state index in [1.165, 1.54) is 19.2 Å². The van der Waals surface area contributed by atoms with Crippen LogP contribution in [0, 0.1) is 11.8 Å². The first-order valence-electron chi connectivity index (χ1n) is 12.2. The van der Waals surface area contributed by atoms with Gasteiger partial charge in [0.25, 0.3) is 0 Å². The number of benzene rings is 1. The quantitative estimate of drug-likeness (QED) is 0.162. The average molecular weight is 543 g/mol. The van der Waals surface area contributed by atoms with Crippen LogP contribution in [0.5, 0.6) is 11.5 Å². The average Bonchev–Trinajstić information content (AvgIpc) is 2.90. The number of aliphatic hydroxyl groups is 4. The van der Waals surface area contributed by atoms with Gasteiger partial charge in [0.2, 0.25) is 6.29 Å². The molecule has 0 unspecified atom stereocenters. The number of aromatic hydroxyl groups is 2. The summed E-state index contributed by atoms with van der Waals surface area (Å²) >= 11 is 0. The van der Waals surface area contributed by atoms with Crippen molar-refractivity contribution in [1.82, 2.24) is 0 Å². The van der Waals surface area contributed by atoms with Crippen molar-refractivity contribution in [2.45, 2.75) is 63.2 Å². The highest BCUT2D eigenvalue weighted by Gasteiger charge is 2.48. The number of rotatable bonds is 10. The lowest BCUT2D eigenvalue weighted by atomic mass is 9.80. The van der Waals surface area contributed by atoms with Gasteiger partial charge in [-0.1, -0.05) is 13.0 Å². The van der Waals surface area contributed by atoms with Gasteiger partial charge in [-0.05, 0) is 24.1 Å². The van der Waals surface area contributed by atoms with E-state index in [2.05, 4.69) is 0 Å². The molecule has 1 aromatic rings. The number of carbonyl (C=O) groups is 2. The van der Waals surface area contributed by atoms with Crippen LogP contribution in [-0.4, -0.2) is 99.9 Å². The molecular formula is C25H34O13. The lowest BCUT2D eigenvalue weighted by molar-refractivity contribution is -0.341. The van der Waals surface area contributed by atoms with Crippen molar-refractivity contribution in [2.24, 2.45) is 11.8 Å². The summed E-state index contributed by atoms with van der Waals surface area (Å²) in [4.78, 5) is 25.2. The van der Waals surface area contributed by atoms with E-state index in [0.717, 1.165) is 6.26 Å². The molecule has 2 aliphatic heterocycles. The highest BCUT2D eigenvalue weighted by atomic mass is 16.8. The Labute approximate surface area is 218 Å². The Morgan fingerprint density at radius 1 is 1.03 bits per heavy atom. The third-order valence-corrected chi connectivity index (χ3v) is 6.68. The lowest BCUT2D eigenvalue weighted by Gasteiger charge is -2.43. The molecule has 6 N–H and O–H groups in total. The zero-order valence-electron chi connectivity index (χ0n) is 21.0. The second-order valence-electron chi connectivity index (χ2n) is 9.08. The van der Waals surface area contributed by atoms with Crippen LogP contribution < -0.4 is 0 Å². The Hall–Kier alpha value is -2.94. The summed E-state index contributed by atoms with van der Waals surface area (Å²) in [5.41, 5.74) is 0.710. The first-order chi connectivity index (χ1) is 18.1. The minimum absolute atomic E-state index is 0.0227. The molecule has 0 saturated carbocycles. The first-order valence-corrected chi connectivity index (χ1v) is 12.2. The van der Waals surface area contributed by atoms with Gasteiger partial charge in [-0.15, -0.1) is 0 Å². The van der Waals surface area contributed by atoms with Crippen LogP contribution in [-0.2, 0) is 39.7 Å². The summed E-state index contributed by atoms with van der Waals surface area (Å²) in [5, 5.41) is 58.8. The summed E-state index contributed by atoms with van der Waals surface area (Å²) in [6, 6.07) is 4.25. The highest BCUT2D eigenvalue weighted by molar-refractivity contribution is 5.89. The van der Waals surface area contributed by atoms with Crippen LogP contribution in [0.1, 0.15) is 25.3 Å². The SMILES string of the molecule is CC[C@@H]1[C@H](O[C@H]2O[C@H](CO)[C@@H](O)[C@H](O)[C@H]2O)OC=C(C(=O)OC)[C@H]1CC(=O)OCCc1ccc(O)c(O)c1. The van der Waals surface area contributed by atoms with E-state index in [-0.39, 0.29) is 36.5 Å². The number of hydrogen-bond acceptors (Lipinski definition) is 13. The Morgan fingerprint density at radius 2 is 1.76 bits per heavy atom. The molecule has 1 aromatic carbocycles. The van der Waals surface area contributed by atoms with E-state index in [1.807, 2.05) is 0 Å². The Kier molecular flexibility index (Phi) is 10.3. The monoisotopic (exact) mass is 542 g/mol. The van der Waals surface area contributed by atoms with E-state index in [4.69, 9.17) is 23.7 Å². The maximum Gasteiger partial charge on any atom is 0.337 e. The fourth-order valence-corrected chi connectivity index (χ4v) is 4.50. The molecule has 8 atom stereocenters. The van der Waals surface area contributed by atoms with Crippen molar-refractivity contribution >= 4 is 11.9 Å². The molecule has 1 fully saturated rings. The minimum Gasteiger partial charge on any atom is -0.504 e. The molecule has 0 aromatic heterocycles. The molecule has 0 bridgehead atoms. The number of hydrogen-bond donors (Lipinski definition) is 6. The van der Waals surface area contributed by atoms with Crippen LogP contribution in [0.3, 0.4) is 0 Å². The van der Waals surface area contributed by atoms with Crippen LogP contribution in [0.15, 0.2) is 30.0 Å². The van der Waals surface area contributed by atoms with Crippen molar-refractivity contribution in [3.05, 3.63) is 35.6 Å². The molecule has 3 rings (SSSR count). The zero-order chi connectivity index (χ0) is 28.0. The van der Waals surface area contributed by atoms with Crippen LogP contribution >= 0.6 is 0 Å². The molecule has 0 radical (unpaired) electrons. The third kappa shape index (κ3) is 6.73. The summed E-state index contributed by atoms with van der Waals surface area (Å²) < 4.78 is 26.9. The van der Waals surface area contributed by atoms with E-state index >= 15 is 0 Å².